The highest BCUT2D eigenvalue weighted by Crippen LogP contribution is 2.25. The van der Waals surface area contributed by atoms with Crippen LogP contribution in [0.25, 0.3) is 0 Å². The molecular weight excluding hydrogens is 254 g/mol. The summed E-state index contributed by atoms with van der Waals surface area (Å²) in [6.45, 7) is 4.14. The second-order valence-electron chi connectivity index (χ2n) is 4.94. The van der Waals surface area contributed by atoms with E-state index in [-0.39, 0.29) is 11.9 Å². The molecule has 0 aliphatic heterocycles. The molecule has 112 valence electrons. The molecule has 0 heterocycles. The fraction of sp³-hybridized carbons (Fsp3) is 0.562. The lowest BCUT2D eigenvalue weighted by Gasteiger charge is -2.24. The molecule has 1 rings (SSSR count). The van der Waals surface area contributed by atoms with Gasteiger partial charge in [0.15, 0.2) is 0 Å². The topological polar surface area (TPSA) is 38.8 Å². The number of carbonyl (C=O) groups is 1. The monoisotopic (exact) mass is 279 g/mol. The Morgan fingerprint density at radius 2 is 2.00 bits per heavy atom. The van der Waals surface area contributed by atoms with E-state index < -0.39 is 0 Å². The third-order valence-corrected chi connectivity index (χ3v) is 3.74. The first-order valence-electron chi connectivity index (χ1n) is 7.00. The number of nitrogens with zero attached hydrogens (tertiary/aromatic N) is 1. The Labute approximate surface area is 121 Å². The lowest BCUT2D eigenvalue weighted by atomic mass is 10.1. The molecule has 0 aliphatic rings. The van der Waals surface area contributed by atoms with Crippen molar-refractivity contribution in [1.29, 1.82) is 0 Å². The number of rotatable bonds is 7. The first kappa shape index (κ1) is 16.3. The van der Waals surface area contributed by atoms with Crippen molar-refractivity contribution in [3.05, 3.63) is 23.8 Å². The van der Waals surface area contributed by atoms with Crippen molar-refractivity contribution in [2.75, 3.05) is 21.3 Å². The van der Waals surface area contributed by atoms with Gasteiger partial charge in [-0.25, -0.2) is 0 Å². The van der Waals surface area contributed by atoms with Crippen molar-refractivity contribution >= 4 is 5.91 Å². The molecule has 20 heavy (non-hydrogen) atoms. The molecule has 0 aromatic heterocycles. The lowest BCUT2D eigenvalue weighted by Crippen LogP contribution is -2.34. The van der Waals surface area contributed by atoms with Gasteiger partial charge in [0, 0.05) is 19.5 Å². The molecule has 0 aliphatic carbocycles. The predicted octanol–water partition coefficient (Wildman–Crippen LogP) is 2.89. The molecule has 1 unspecified atom stereocenters. The van der Waals surface area contributed by atoms with E-state index in [1.165, 1.54) is 0 Å². The molecule has 4 nitrogen and oxygen atoms in total. The summed E-state index contributed by atoms with van der Waals surface area (Å²) in [5, 5.41) is 0. The number of hydrogen-bond donors (Lipinski definition) is 0. The van der Waals surface area contributed by atoms with Gasteiger partial charge in [-0.3, -0.25) is 4.79 Å². The van der Waals surface area contributed by atoms with Crippen LogP contribution in [0.3, 0.4) is 0 Å². The molecule has 1 aromatic carbocycles. The average molecular weight is 279 g/mol. The molecule has 0 fully saturated rings. The van der Waals surface area contributed by atoms with E-state index in [9.17, 15) is 4.79 Å². The van der Waals surface area contributed by atoms with Crippen molar-refractivity contribution < 1.29 is 14.3 Å². The summed E-state index contributed by atoms with van der Waals surface area (Å²) in [6, 6.07) is 5.93. The molecule has 0 bridgehead atoms. The van der Waals surface area contributed by atoms with Crippen LogP contribution in [-0.4, -0.2) is 38.1 Å². The van der Waals surface area contributed by atoms with Gasteiger partial charge in [-0.15, -0.1) is 0 Å². The Balaban J connectivity index is 2.71. The van der Waals surface area contributed by atoms with E-state index in [2.05, 4.69) is 13.8 Å². The van der Waals surface area contributed by atoms with E-state index in [1.54, 1.807) is 14.2 Å². The van der Waals surface area contributed by atoms with Crippen LogP contribution in [0.5, 0.6) is 11.5 Å². The van der Waals surface area contributed by atoms with E-state index in [1.807, 2.05) is 30.1 Å². The molecule has 0 spiro atoms. The quantitative estimate of drug-likeness (QED) is 0.770. The van der Waals surface area contributed by atoms with Gasteiger partial charge in [0.05, 0.1) is 14.2 Å². The molecule has 0 N–H and O–H groups in total. The van der Waals surface area contributed by atoms with Gasteiger partial charge in [0.2, 0.25) is 5.91 Å². The molecule has 1 amide bonds. The minimum absolute atomic E-state index is 0.157. The number of ether oxygens (including phenoxy) is 2. The van der Waals surface area contributed by atoms with E-state index >= 15 is 0 Å². The second kappa shape index (κ2) is 7.78. The molecule has 0 radical (unpaired) electrons. The first-order chi connectivity index (χ1) is 9.53. The largest absolute Gasteiger partial charge is 0.497 e. The van der Waals surface area contributed by atoms with Crippen LogP contribution in [0.15, 0.2) is 18.2 Å². The van der Waals surface area contributed by atoms with E-state index in [0.717, 1.165) is 23.5 Å². The Kier molecular flexibility index (Phi) is 6.36. The van der Waals surface area contributed by atoms with Crippen molar-refractivity contribution in [3.8, 4) is 11.5 Å². The van der Waals surface area contributed by atoms with Crippen molar-refractivity contribution in [2.24, 2.45) is 0 Å². The molecule has 1 atom stereocenters. The standard InChI is InChI=1S/C16H25NO3/c1-6-12(2)17(3)16(18)10-7-13-11-14(19-4)8-9-15(13)20-5/h8-9,11-12H,6-7,10H2,1-5H3. The van der Waals surface area contributed by atoms with Gasteiger partial charge in [-0.1, -0.05) is 6.92 Å². The maximum absolute atomic E-state index is 12.1. The Hall–Kier alpha value is -1.71. The van der Waals surface area contributed by atoms with Gasteiger partial charge in [0.25, 0.3) is 0 Å². The minimum Gasteiger partial charge on any atom is -0.497 e. The average Bonchev–Trinajstić information content (AvgIpc) is 2.50. The molecule has 0 saturated heterocycles. The predicted molar refractivity (Wildman–Crippen MR) is 80.4 cm³/mol. The number of hydrogen-bond acceptors (Lipinski definition) is 3. The molecular formula is C16H25NO3. The summed E-state index contributed by atoms with van der Waals surface area (Å²) in [7, 11) is 5.13. The van der Waals surface area contributed by atoms with Gasteiger partial charge >= 0.3 is 0 Å². The van der Waals surface area contributed by atoms with E-state index in [0.29, 0.717) is 12.8 Å². The zero-order valence-electron chi connectivity index (χ0n) is 13.1. The maximum Gasteiger partial charge on any atom is 0.222 e. The normalized spacial score (nSPS) is 11.8. The second-order valence-corrected chi connectivity index (χ2v) is 4.94. The molecule has 4 heteroatoms. The van der Waals surface area contributed by atoms with Crippen LogP contribution >= 0.6 is 0 Å². The van der Waals surface area contributed by atoms with Crippen LogP contribution < -0.4 is 9.47 Å². The van der Waals surface area contributed by atoms with Crippen LogP contribution in [0.4, 0.5) is 0 Å². The third-order valence-electron chi connectivity index (χ3n) is 3.74. The van der Waals surface area contributed by atoms with Crippen molar-refractivity contribution in [1.82, 2.24) is 4.90 Å². The zero-order valence-corrected chi connectivity index (χ0v) is 13.1. The smallest absolute Gasteiger partial charge is 0.222 e. The fourth-order valence-corrected chi connectivity index (χ4v) is 2.01. The Bertz CT molecular complexity index is 445. The maximum atomic E-state index is 12.1. The van der Waals surface area contributed by atoms with Crippen LogP contribution in [0, 0.1) is 0 Å². The molecule has 1 aromatic rings. The Morgan fingerprint density at radius 1 is 1.30 bits per heavy atom. The van der Waals surface area contributed by atoms with Crippen LogP contribution in [0.1, 0.15) is 32.3 Å². The lowest BCUT2D eigenvalue weighted by molar-refractivity contribution is -0.131. The summed E-state index contributed by atoms with van der Waals surface area (Å²) in [5.41, 5.74) is 0.998. The number of carbonyl (C=O) groups excluding carboxylic acids is 1. The number of aryl methyl sites for hydroxylation is 1. The van der Waals surface area contributed by atoms with Gasteiger partial charge in [0.1, 0.15) is 11.5 Å². The minimum atomic E-state index is 0.157. The fourth-order valence-electron chi connectivity index (χ4n) is 2.01. The first-order valence-corrected chi connectivity index (χ1v) is 7.00. The highest BCUT2D eigenvalue weighted by atomic mass is 16.5. The van der Waals surface area contributed by atoms with Gasteiger partial charge < -0.3 is 14.4 Å². The molecule has 0 saturated carbocycles. The Morgan fingerprint density at radius 3 is 2.55 bits per heavy atom. The zero-order chi connectivity index (χ0) is 15.1. The highest BCUT2D eigenvalue weighted by Gasteiger charge is 2.15. The summed E-state index contributed by atoms with van der Waals surface area (Å²) >= 11 is 0. The number of methoxy groups -OCH3 is 2. The van der Waals surface area contributed by atoms with Crippen molar-refractivity contribution in [3.63, 3.8) is 0 Å². The van der Waals surface area contributed by atoms with Crippen LogP contribution in [-0.2, 0) is 11.2 Å². The summed E-state index contributed by atoms with van der Waals surface area (Å²) in [6.07, 6.45) is 2.09. The number of benzene rings is 1. The van der Waals surface area contributed by atoms with Crippen LogP contribution in [0.2, 0.25) is 0 Å². The summed E-state index contributed by atoms with van der Waals surface area (Å²) in [5.74, 6) is 1.73. The number of amides is 1. The third kappa shape index (κ3) is 4.15. The summed E-state index contributed by atoms with van der Waals surface area (Å²) in [4.78, 5) is 13.9. The SMILES string of the molecule is CCC(C)N(C)C(=O)CCc1cc(OC)ccc1OC. The summed E-state index contributed by atoms with van der Waals surface area (Å²) < 4.78 is 10.5. The highest BCUT2D eigenvalue weighted by molar-refractivity contribution is 5.76. The van der Waals surface area contributed by atoms with Crippen molar-refractivity contribution in [2.45, 2.75) is 39.2 Å². The van der Waals surface area contributed by atoms with Gasteiger partial charge in [-0.05, 0) is 43.5 Å². The van der Waals surface area contributed by atoms with E-state index in [4.69, 9.17) is 9.47 Å². The van der Waals surface area contributed by atoms with Gasteiger partial charge in [-0.2, -0.15) is 0 Å².